The Hall–Kier alpha value is -0.790. The zero-order chi connectivity index (χ0) is 8.43. The first kappa shape index (κ1) is 8.31. The van der Waals surface area contributed by atoms with Crippen LogP contribution in [0.4, 0.5) is 0 Å². The lowest BCUT2D eigenvalue weighted by atomic mass is 10.3. The number of carbonyl (C=O) groups excluding carboxylic acids is 1. The molecule has 11 heavy (non-hydrogen) atoms. The zero-order valence-corrected chi connectivity index (χ0v) is 7.21. The molecular formula is C9H15NO. The molecule has 0 aromatic carbocycles. The van der Waals surface area contributed by atoms with Gasteiger partial charge in [0.25, 0.3) is 0 Å². The molecule has 1 fully saturated rings. The van der Waals surface area contributed by atoms with Gasteiger partial charge in [0.1, 0.15) is 0 Å². The molecule has 1 aliphatic rings. The van der Waals surface area contributed by atoms with Crippen molar-refractivity contribution in [2.75, 3.05) is 13.6 Å². The van der Waals surface area contributed by atoms with E-state index < -0.39 is 0 Å². The predicted octanol–water partition coefficient (Wildman–Crippen LogP) is 1.29. The summed E-state index contributed by atoms with van der Waals surface area (Å²) in [4.78, 5) is 12.7. The van der Waals surface area contributed by atoms with Gasteiger partial charge < -0.3 is 4.90 Å². The lowest BCUT2D eigenvalue weighted by Gasteiger charge is -2.13. The van der Waals surface area contributed by atoms with E-state index in [0.717, 1.165) is 18.4 Å². The van der Waals surface area contributed by atoms with Crippen LogP contribution in [0.3, 0.4) is 0 Å². The van der Waals surface area contributed by atoms with Crippen molar-refractivity contribution in [3.63, 3.8) is 0 Å². The van der Waals surface area contributed by atoms with E-state index in [9.17, 15) is 4.79 Å². The summed E-state index contributed by atoms with van der Waals surface area (Å²) >= 11 is 0. The van der Waals surface area contributed by atoms with E-state index in [0.29, 0.717) is 0 Å². The van der Waals surface area contributed by atoms with Gasteiger partial charge in [-0.25, -0.2) is 0 Å². The summed E-state index contributed by atoms with van der Waals surface area (Å²) < 4.78 is 0. The molecule has 0 aromatic heterocycles. The monoisotopic (exact) mass is 153 g/mol. The van der Waals surface area contributed by atoms with Crippen molar-refractivity contribution in [3.8, 4) is 0 Å². The van der Waals surface area contributed by atoms with Crippen molar-refractivity contribution in [2.24, 2.45) is 11.8 Å². The van der Waals surface area contributed by atoms with Crippen LogP contribution in [0.15, 0.2) is 12.7 Å². The van der Waals surface area contributed by atoms with Gasteiger partial charge in [0.15, 0.2) is 0 Å². The molecule has 0 aliphatic heterocycles. The first-order valence-corrected chi connectivity index (χ1v) is 4.02. The SMILES string of the molecule is C=CC(=O)N(C)CC1CC1C. The largest absolute Gasteiger partial charge is 0.342 e. The Morgan fingerprint density at radius 1 is 1.82 bits per heavy atom. The number of hydrogen-bond donors (Lipinski definition) is 0. The van der Waals surface area contributed by atoms with Crippen LogP contribution < -0.4 is 0 Å². The summed E-state index contributed by atoms with van der Waals surface area (Å²) in [5.41, 5.74) is 0. The first-order valence-electron chi connectivity index (χ1n) is 4.02. The molecule has 0 heterocycles. The number of nitrogens with zero attached hydrogens (tertiary/aromatic N) is 1. The molecule has 2 atom stereocenters. The number of rotatable bonds is 3. The minimum atomic E-state index is 0.0316. The molecule has 2 heteroatoms. The Morgan fingerprint density at radius 3 is 2.73 bits per heavy atom. The van der Waals surface area contributed by atoms with Crippen molar-refractivity contribution in [2.45, 2.75) is 13.3 Å². The first-order chi connectivity index (χ1) is 5.15. The molecule has 2 unspecified atom stereocenters. The summed E-state index contributed by atoms with van der Waals surface area (Å²) in [6, 6.07) is 0. The fourth-order valence-electron chi connectivity index (χ4n) is 1.25. The summed E-state index contributed by atoms with van der Waals surface area (Å²) in [6.07, 6.45) is 2.64. The summed E-state index contributed by atoms with van der Waals surface area (Å²) in [5, 5.41) is 0. The van der Waals surface area contributed by atoms with Gasteiger partial charge in [0.05, 0.1) is 0 Å². The second-order valence-electron chi connectivity index (χ2n) is 3.40. The van der Waals surface area contributed by atoms with E-state index >= 15 is 0 Å². The third-order valence-corrected chi connectivity index (χ3v) is 2.34. The van der Waals surface area contributed by atoms with Gasteiger partial charge in [0.2, 0.25) is 5.91 Å². The van der Waals surface area contributed by atoms with Crippen LogP contribution in [0.1, 0.15) is 13.3 Å². The predicted molar refractivity (Wildman–Crippen MR) is 45.1 cm³/mol. The lowest BCUT2D eigenvalue weighted by molar-refractivity contribution is -0.125. The Bertz CT molecular complexity index is 176. The highest BCUT2D eigenvalue weighted by atomic mass is 16.2. The maximum Gasteiger partial charge on any atom is 0.245 e. The van der Waals surface area contributed by atoms with E-state index in [1.807, 2.05) is 7.05 Å². The molecule has 0 bridgehead atoms. The second kappa shape index (κ2) is 3.07. The average Bonchev–Trinajstić information content (AvgIpc) is 2.65. The van der Waals surface area contributed by atoms with E-state index in [1.165, 1.54) is 12.5 Å². The van der Waals surface area contributed by atoms with Gasteiger partial charge in [-0.15, -0.1) is 0 Å². The van der Waals surface area contributed by atoms with Gasteiger partial charge in [-0.3, -0.25) is 4.79 Å². The minimum Gasteiger partial charge on any atom is -0.342 e. The standard InChI is InChI=1S/C9H15NO/c1-4-9(11)10(3)6-8-5-7(8)2/h4,7-8H,1,5-6H2,2-3H3. The summed E-state index contributed by atoms with van der Waals surface area (Å²) in [6.45, 7) is 6.55. The smallest absolute Gasteiger partial charge is 0.245 e. The van der Waals surface area contributed by atoms with Crippen LogP contribution in [0.5, 0.6) is 0 Å². The maximum absolute atomic E-state index is 11.0. The van der Waals surface area contributed by atoms with Crippen LogP contribution in [0.25, 0.3) is 0 Å². The van der Waals surface area contributed by atoms with Crippen molar-refractivity contribution in [3.05, 3.63) is 12.7 Å². The normalized spacial score (nSPS) is 27.8. The molecule has 1 rings (SSSR count). The summed E-state index contributed by atoms with van der Waals surface area (Å²) in [7, 11) is 1.83. The highest BCUT2D eigenvalue weighted by molar-refractivity contribution is 5.86. The Labute approximate surface area is 67.9 Å². The molecule has 62 valence electrons. The Balaban J connectivity index is 2.26. The fourth-order valence-corrected chi connectivity index (χ4v) is 1.25. The topological polar surface area (TPSA) is 20.3 Å². The van der Waals surface area contributed by atoms with Gasteiger partial charge in [-0.2, -0.15) is 0 Å². The highest BCUT2D eigenvalue weighted by Gasteiger charge is 2.33. The van der Waals surface area contributed by atoms with Crippen LogP contribution in [-0.4, -0.2) is 24.4 Å². The minimum absolute atomic E-state index is 0.0316. The quantitative estimate of drug-likeness (QED) is 0.559. The molecule has 0 aromatic rings. The van der Waals surface area contributed by atoms with E-state index in [1.54, 1.807) is 4.90 Å². The van der Waals surface area contributed by atoms with Crippen LogP contribution in [0.2, 0.25) is 0 Å². The molecule has 2 nitrogen and oxygen atoms in total. The molecule has 0 N–H and O–H groups in total. The molecule has 0 radical (unpaired) electrons. The summed E-state index contributed by atoms with van der Waals surface area (Å²) in [5.74, 6) is 1.59. The number of carbonyl (C=O) groups is 1. The Kier molecular flexibility index (Phi) is 2.32. The number of amides is 1. The van der Waals surface area contributed by atoms with Crippen molar-refractivity contribution in [1.82, 2.24) is 4.90 Å². The molecular weight excluding hydrogens is 138 g/mol. The van der Waals surface area contributed by atoms with Crippen LogP contribution in [-0.2, 0) is 4.79 Å². The molecule has 1 aliphatic carbocycles. The van der Waals surface area contributed by atoms with Gasteiger partial charge in [-0.1, -0.05) is 13.5 Å². The van der Waals surface area contributed by atoms with Gasteiger partial charge >= 0.3 is 0 Å². The maximum atomic E-state index is 11.0. The third-order valence-electron chi connectivity index (χ3n) is 2.34. The van der Waals surface area contributed by atoms with Gasteiger partial charge in [0, 0.05) is 13.6 Å². The highest BCUT2D eigenvalue weighted by Crippen LogP contribution is 2.37. The molecule has 1 saturated carbocycles. The lowest BCUT2D eigenvalue weighted by Crippen LogP contribution is -2.27. The fraction of sp³-hybridized carbons (Fsp3) is 0.667. The zero-order valence-electron chi connectivity index (χ0n) is 7.21. The van der Waals surface area contributed by atoms with Gasteiger partial charge in [-0.05, 0) is 24.3 Å². The number of hydrogen-bond acceptors (Lipinski definition) is 1. The average molecular weight is 153 g/mol. The number of likely N-dealkylation sites (N-methyl/N-ethyl adjacent to an activating group) is 1. The molecule has 0 spiro atoms. The van der Waals surface area contributed by atoms with Crippen molar-refractivity contribution in [1.29, 1.82) is 0 Å². The van der Waals surface area contributed by atoms with E-state index in [-0.39, 0.29) is 5.91 Å². The van der Waals surface area contributed by atoms with Crippen molar-refractivity contribution >= 4 is 5.91 Å². The Morgan fingerprint density at radius 2 is 2.36 bits per heavy atom. The van der Waals surface area contributed by atoms with E-state index in [4.69, 9.17) is 0 Å². The third kappa shape index (κ3) is 2.07. The van der Waals surface area contributed by atoms with Crippen LogP contribution >= 0.6 is 0 Å². The van der Waals surface area contributed by atoms with Crippen molar-refractivity contribution < 1.29 is 4.79 Å². The molecule has 1 amide bonds. The van der Waals surface area contributed by atoms with Crippen LogP contribution in [0, 0.1) is 11.8 Å². The molecule has 0 saturated heterocycles. The van der Waals surface area contributed by atoms with E-state index in [2.05, 4.69) is 13.5 Å². The second-order valence-corrected chi connectivity index (χ2v) is 3.40.